The Morgan fingerprint density at radius 1 is 0.452 bits per heavy atom. The summed E-state index contributed by atoms with van der Waals surface area (Å²) >= 11 is 0. The van der Waals surface area contributed by atoms with Gasteiger partial charge in [-0.05, 0) is 55.9 Å². The first kappa shape index (κ1) is 19.2. The van der Waals surface area contributed by atoms with Crippen molar-refractivity contribution in [3.63, 3.8) is 0 Å². The van der Waals surface area contributed by atoms with Crippen molar-refractivity contribution in [2.45, 2.75) is 6.36 Å². The van der Waals surface area contributed by atoms with E-state index in [-0.39, 0.29) is 5.75 Å². The molecular weight excluding hydrogens is 397 g/mol. The van der Waals surface area contributed by atoms with Crippen molar-refractivity contribution in [2.75, 3.05) is 0 Å². The van der Waals surface area contributed by atoms with Crippen LogP contribution in [0.25, 0.3) is 43.8 Å². The zero-order valence-electron chi connectivity index (χ0n) is 16.4. The predicted molar refractivity (Wildman–Crippen MR) is 119 cm³/mol. The van der Waals surface area contributed by atoms with E-state index >= 15 is 0 Å². The number of hydrogen-bond acceptors (Lipinski definition) is 1. The average Bonchev–Trinajstić information content (AvgIpc) is 2.77. The van der Waals surface area contributed by atoms with Crippen LogP contribution in [0.15, 0.2) is 103 Å². The summed E-state index contributed by atoms with van der Waals surface area (Å²) in [6, 6.07) is 32.6. The number of fused-ring (bicyclic) bond motifs is 2. The second kappa shape index (κ2) is 7.47. The highest BCUT2D eigenvalue weighted by atomic mass is 19.4. The molecule has 0 bridgehead atoms. The van der Waals surface area contributed by atoms with Gasteiger partial charge >= 0.3 is 6.36 Å². The fourth-order valence-corrected chi connectivity index (χ4v) is 4.18. The van der Waals surface area contributed by atoms with Gasteiger partial charge in [-0.1, -0.05) is 91.0 Å². The smallest absolute Gasteiger partial charge is 0.406 e. The first-order valence-electron chi connectivity index (χ1n) is 9.86. The van der Waals surface area contributed by atoms with E-state index < -0.39 is 6.36 Å². The molecular formula is C27H17F3O. The van der Waals surface area contributed by atoms with Crippen molar-refractivity contribution in [3.8, 4) is 28.0 Å². The van der Waals surface area contributed by atoms with Crippen LogP contribution in [0.1, 0.15) is 0 Å². The molecule has 0 unspecified atom stereocenters. The Labute approximate surface area is 177 Å². The minimum Gasteiger partial charge on any atom is -0.406 e. The summed E-state index contributed by atoms with van der Waals surface area (Å²) < 4.78 is 41.7. The summed E-state index contributed by atoms with van der Waals surface area (Å²) in [4.78, 5) is 0. The molecule has 0 saturated heterocycles. The summed E-state index contributed by atoms with van der Waals surface area (Å²) in [7, 11) is 0. The summed E-state index contributed by atoms with van der Waals surface area (Å²) in [5.41, 5.74) is 4.09. The van der Waals surface area contributed by atoms with Crippen LogP contribution in [0.3, 0.4) is 0 Å². The molecule has 0 aliphatic rings. The molecule has 4 heteroatoms. The molecule has 31 heavy (non-hydrogen) atoms. The Bertz CT molecular complexity index is 1310. The Kier molecular flexibility index (Phi) is 4.63. The zero-order valence-corrected chi connectivity index (χ0v) is 16.4. The number of rotatable bonds is 3. The summed E-state index contributed by atoms with van der Waals surface area (Å²) in [6.45, 7) is 0. The van der Waals surface area contributed by atoms with Crippen LogP contribution in [-0.2, 0) is 0 Å². The molecule has 0 aliphatic carbocycles. The number of benzene rings is 5. The van der Waals surface area contributed by atoms with E-state index in [2.05, 4.69) is 41.1 Å². The summed E-state index contributed by atoms with van der Waals surface area (Å²) in [5, 5.41) is 4.28. The molecule has 5 aromatic carbocycles. The third-order valence-corrected chi connectivity index (χ3v) is 5.37. The molecule has 0 N–H and O–H groups in total. The fraction of sp³-hybridized carbons (Fsp3) is 0.0370. The van der Waals surface area contributed by atoms with Crippen LogP contribution in [0, 0.1) is 0 Å². The van der Waals surface area contributed by atoms with Crippen LogP contribution >= 0.6 is 0 Å². The predicted octanol–water partition coefficient (Wildman–Crippen LogP) is 8.23. The lowest BCUT2D eigenvalue weighted by Gasteiger charge is -2.18. The monoisotopic (exact) mass is 414 g/mol. The molecule has 0 atom stereocenters. The van der Waals surface area contributed by atoms with Gasteiger partial charge in [0.05, 0.1) is 0 Å². The normalized spacial score (nSPS) is 11.7. The molecule has 0 spiro atoms. The molecule has 0 amide bonds. The highest BCUT2D eigenvalue weighted by Crippen LogP contribution is 2.43. The maximum absolute atomic E-state index is 12.6. The van der Waals surface area contributed by atoms with Gasteiger partial charge in [-0.3, -0.25) is 0 Å². The van der Waals surface area contributed by atoms with Crippen molar-refractivity contribution >= 4 is 21.5 Å². The van der Waals surface area contributed by atoms with Crippen molar-refractivity contribution in [3.05, 3.63) is 103 Å². The molecule has 1 nitrogen and oxygen atoms in total. The van der Waals surface area contributed by atoms with E-state index in [1.807, 2.05) is 42.5 Å². The second-order valence-electron chi connectivity index (χ2n) is 7.28. The minimum atomic E-state index is -4.71. The van der Waals surface area contributed by atoms with Crippen molar-refractivity contribution in [1.29, 1.82) is 0 Å². The standard InChI is InChI=1S/C27H17F3O/c28-27(29,30)31-20-16-14-19(15-17-20)26-23-12-6-4-10-21(23)25(18-8-2-1-3-9-18)22-11-5-7-13-24(22)26/h1-17H. The van der Waals surface area contributed by atoms with Gasteiger partial charge in [-0.2, -0.15) is 0 Å². The van der Waals surface area contributed by atoms with E-state index in [9.17, 15) is 13.2 Å². The van der Waals surface area contributed by atoms with Gasteiger partial charge in [0.15, 0.2) is 0 Å². The second-order valence-corrected chi connectivity index (χ2v) is 7.28. The topological polar surface area (TPSA) is 9.23 Å². The highest BCUT2D eigenvalue weighted by molar-refractivity contribution is 6.21. The first-order valence-corrected chi connectivity index (χ1v) is 9.86. The Morgan fingerprint density at radius 3 is 1.26 bits per heavy atom. The maximum atomic E-state index is 12.6. The Hall–Kier alpha value is -3.79. The van der Waals surface area contributed by atoms with Crippen LogP contribution < -0.4 is 4.74 Å². The Morgan fingerprint density at radius 2 is 0.839 bits per heavy atom. The minimum absolute atomic E-state index is 0.231. The molecule has 0 radical (unpaired) electrons. The quantitative estimate of drug-likeness (QED) is 0.270. The van der Waals surface area contributed by atoms with Crippen LogP contribution in [0.5, 0.6) is 5.75 Å². The van der Waals surface area contributed by atoms with Crippen LogP contribution in [0.2, 0.25) is 0 Å². The van der Waals surface area contributed by atoms with E-state index in [1.54, 1.807) is 12.1 Å². The number of halogens is 3. The number of alkyl halides is 3. The van der Waals surface area contributed by atoms with Gasteiger partial charge in [0.2, 0.25) is 0 Å². The zero-order chi connectivity index (χ0) is 21.4. The lowest BCUT2D eigenvalue weighted by molar-refractivity contribution is -0.274. The molecule has 0 aromatic heterocycles. The molecule has 0 heterocycles. The Balaban J connectivity index is 1.80. The molecule has 0 aliphatic heterocycles. The van der Waals surface area contributed by atoms with Gasteiger partial charge in [-0.15, -0.1) is 13.2 Å². The molecule has 5 rings (SSSR count). The van der Waals surface area contributed by atoms with Gasteiger partial charge in [0.25, 0.3) is 0 Å². The maximum Gasteiger partial charge on any atom is 0.573 e. The summed E-state index contributed by atoms with van der Waals surface area (Å²) in [5.74, 6) is -0.231. The van der Waals surface area contributed by atoms with Crippen molar-refractivity contribution in [1.82, 2.24) is 0 Å². The van der Waals surface area contributed by atoms with E-state index in [1.165, 1.54) is 12.1 Å². The molecule has 0 saturated carbocycles. The van der Waals surface area contributed by atoms with E-state index in [4.69, 9.17) is 0 Å². The van der Waals surface area contributed by atoms with Crippen LogP contribution in [0.4, 0.5) is 13.2 Å². The van der Waals surface area contributed by atoms with Gasteiger partial charge < -0.3 is 4.74 Å². The average molecular weight is 414 g/mol. The van der Waals surface area contributed by atoms with E-state index in [0.29, 0.717) is 0 Å². The first-order chi connectivity index (χ1) is 15.0. The molecule has 0 fully saturated rings. The largest absolute Gasteiger partial charge is 0.573 e. The third-order valence-electron chi connectivity index (χ3n) is 5.37. The van der Waals surface area contributed by atoms with Crippen LogP contribution in [-0.4, -0.2) is 6.36 Å². The van der Waals surface area contributed by atoms with Gasteiger partial charge in [-0.25, -0.2) is 0 Å². The number of hydrogen-bond donors (Lipinski definition) is 0. The highest BCUT2D eigenvalue weighted by Gasteiger charge is 2.31. The fourth-order valence-electron chi connectivity index (χ4n) is 4.18. The van der Waals surface area contributed by atoms with Crippen molar-refractivity contribution < 1.29 is 17.9 Å². The lowest BCUT2D eigenvalue weighted by Crippen LogP contribution is -2.16. The van der Waals surface area contributed by atoms with Gasteiger partial charge in [0, 0.05) is 0 Å². The lowest BCUT2D eigenvalue weighted by atomic mass is 9.86. The molecule has 5 aromatic rings. The van der Waals surface area contributed by atoms with Crippen molar-refractivity contribution in [2.24, 2.45) is 0 Å². The van der Waals surface area contributed by atoms with E-state index in [0.717, 1.165) is 43.8 Å². The number of ether oxygens (including phenoxy) is 1. The summed E-state index contributed by atoms with van der Waals surface area (Å²) in [6.07, 6.45) is -4.71. The van der Waals surface area contributed by atoms with Gasteiger partial charge in [0.1, 0.15) is 5.75 Å². The SMILES string of the molecule is FC(F)(F)Oc1ccc(-c2c3ccccc3c(-c3ccccc3)c3ccccc23)cc1. The molecule has 152 valence electrons. The third kappa shape index (κ3) is 3.61.